The highest BCUT2D eigenvalue weighted by Crippen LogP contribution is 2.26. The lowest BCUT2D eigenvalue weighted by Gasteiger charge is -2.34. The van der Waals surface area contributed by atoms with Crippen molar-refractivity contribution >= 4 is 61.5 Å². The van der Waals surface area contributed by atoms with Gasteiger partial charge in [0.25, 0.3) is 11.4 Å². The Kier molecular flexibility index (Phi) is 27.9. The number of hydrogen-bond donors (Lipinski definition) is 4. The van der Waals surface area contributed by atoms with Crippen LogP contribution >= 0.6 is 0 Å². The van der Waals surface area contributed by atoms with Gasteiger partial charge in [0, 0.05) is 76.0 Å². The van der Waals surface area contributed by atoms with E-state index in [4.69, 9.17) is 38.9 Å². The minimum absolute atomic E-state index is 0.0499. The van der Waals surface area contributed by atoms with Gasteiger partial charge in [0.1, 0.15) is 30.2 Å². The number of likely N-dealkylation sites (N-methyl/N-ethyl adjacent to an activating group) is 2. The van der Waals surface area contributed by atoms with E-state index in [1.807, 2.05) is 44.2 Å². The first-order chi connectivity index (χ1) is 43.8. The van der Waals surface area contributed by atoms with Crippen molar-refractivity contribution in [1.29, 1.82) is 0 Å². The number of benzene rings is 5. The number of anilines is 1. The van der Waals surface area contributed by atoms with Crippen molar-refractivity contribution in [1.82, 2.24) is 29.5 Å². The number of carbonyl (C=O) groups excluding carboxylic acids is 4. The highest BCUT2D eigenvalue weighted by atomic mass is 32.2. The smallest absolute Gasteiger partial charge is 0.444 e. The molecule has 2 heterocycles. The highest BCUT2D eigenvalue weighted by Gasteiger charge is 2.38. The van der Waals surface area contributed by atoms with Crippen molar-refractivity contribution in [2.24, 2.45) is 11.8 Å². The van der Waals surface area contributed by atoms with Crippen molar-refractivity contribution in [3.8, 4) is 5.75 Å². The zero-order valence-corrected chi connectivity index (χ0v) is 53.7. The van der Waals surface area contributed by atoms with Gasteiger partial charge in [-0.2, -0.15) is 8.61 Å². The Morgan fingerprint density at radius 1 is 0.609 bits per heavy atom. The zero-order chi connectivity index (χ0) is 67.0. The minimum atomic E-state index is -4.34. The molecule has 2 aliphatic rings. The maximum atomic E-state index is 14.0. The number of ether oxygens (including phenoxy) is 7. The van der Waals surface area contributed by atoms with Gasteiger partial charge in [-0.3, -0.25) is 20.2 Å². The molecule has 500 valence electrons. The molecule has 0 aromatic heterocycles. The topological polar surface area (TPSA) is 359 Å². The number of non-ortho nitro benzene ring substituents is 2. The fourth-order valence-electron chi connectivity index (χ4n) is 9.57. The summed E-state index contributed by atoms with van der Waals surface area (Å²) < 4.78 is 96.9. The Labute approximate surface area is 535 Å². The molecule has 30 heteroatoms. The van der Waals surface area contributed by atoms with Gasteiger partial charge in [0.2, 0.25) is 20.0 Å². The normalized spacial score (nSPS) is 16.1. The number of nitro groups is 2. The molecule has 92 heavy (non-hydrogen) atoms. The zero-order valence-electron chi connectivity index (χ0n) is 52.1. The monoisotopic (exact) mass is 1320 g/mol. The number of carbonyl (C=O) groups is 4. The van der Waals surface area contributed by atoms with Crippen molar-refractivity contribution < 1.29 is 79.0 Å². The number of nitrogens with one attached hydrogen (secondary N) is 3. The molecule has 6 atom stereocenters. The van der Waals surface area contributed by atoms with E-state index in [0.717, 1.165) is 46.3 Å². The molecule has 7 rings (SSSR count). The standard InChI is InChI=1S/C32H36N4O12S.C30H45N5O7S/c1-22(2)19-34(49(43,44)28-14-10-25(11-15-28)36(41)42)20-30(48-32(38)47-26-12-8-24(9-13-26)35(39)40)29(18-23-6-4-3-5-7-23)33-31(37)46-27-16-17-45-21-27;1-22(2)19-35(43(38,39)26-12-10-24(31)11-13-26)20-28(42-30(37)34(4)16-15-32-3)27(18-23-8-6-5-7-9-23)33-29(36)41-25-14-17-40-21-25/h3-15,22,27,29-30H,16-21H2,1-2H3,(H,33,37);5-13,22,25,27-28,32H,14-21,31H2,1-4H3,(H,33,36)/t27-,29-,30+;25-,27-,28+/m00/s1. The number of sulfonamides is 2. The van der Waals surface area contributed by atoms with E-state index in [-0.39, 0.29) is 77.8 Å². The number of amides is 3. The van der Waals surface area contributed by atoms with Crippen molar-refractivity contribution in [2.75, 3.05) is 85.5 Å². The van der Waals surface area contributed by atoms with E-state index in [2.05, 4.69) is 16.0 Å². The predicted molar refractivity (Wildman–Crippen MR) is 338 cm³/mol. The van der Waals surface area contributed by atoms with Crippen LogP contribution < -0.4 is 26.4 Å². The van der Waals surface area contributed by atoms with Crippen LogP contribution in [-0.4, -0.2) is 181 Å². The van der Waals surface area contributed by atoms with Crippen molar-refractivity contribution in [3.63, 3.8) is 0 Å². The number of nitrogens with zero attached hydrogens (tertiary/aromatic N) is 5. The van der Waals surface area contributed by atoms with Gasteiger partial charge in [-0.1, -0.05) is 88.4 Å². The summed E-state index contributed by atoms with van der Waals surface area (Å²) >= 11 is 0. The second-order valence-electron chi connectivity index (χ2n) is 22.6. The molecule has 0 bridgehead atoms. The van der Waals surface area contributed by atoms with E-state index < -0.39 is 97.4 Å². The maximum absolute atomic E-state index is 14.0. The average Bonchev–Trinajstić information content (AvgIpc) is 1.18. The second-order valence-corrected chi connectivity index (χ2v) is 26.5. The molecule has 0 unspecified atom stereocenters. The molecular weight excluding hydrogens is 1240 g/mol. The maximum Gasteiger partial charge on any atom is 0.514 e. The summed E-state index contributed by atoms with van der Waals surface area (Å²) in [7, 11) is -5.00. The summed E-state index contributed by atoms with van der Waals surface area (Å²) in [5.41, 5.74) is 7.27. The van der Waals surface area contributed by atoms with Crippen LogP contribution in [0, 0.1) is 32.1 Å². The summed E-state index contributed by atoms with van der Waals surface area (Å²) in [6.07, 6.45) is -5.43. The first-order valence-corrected chi connectivity index (χ1v) is 32.7. The average molecular weight is 1320 g/mol. The van der Waals surface area contributed by atoms with Gasteiger partial charge in [-0.25, -0.2) is 36.0 Å². The van der Waals surface area contributed by atoms with Crippen LogP contribution in [0.3, 0.4) is 0 Å². The van der Waals surface area contributed by atoms with E-state index in [1.165, 1.54) is 45.6 Å². The molecule has 0 spiro atoms. The molecule has 2 saturated heterocycles. The van der Waals surface area contributed by atoms with Crippen LogP contribution in [0.25, 0.3) is 0 Å². The van der Waals surface area contributed by atoms with E-state index in [9.17, 15) is 56.2 Å². The molecule has 28 nitrogen and oxygen atoms in total. The Hall–Kier alpha value is -8.52. The van der Waals surface area contributed by atoms with Crippen molar-refractivity contribution in [3.05, 3.63) is 165 Å². The third kappa shape index (κ3) is 23.0. The molecule has 5 aromatic carbocycles. The van der Waals surface area contributed by atoms with Gasteiger partial charge in [-0.15, -0.1) is 0 Å². The minimum Gasteiger partial charge on any atom is -0.444 e. The third-order valence-electron chi connectivity index (χ3n) is 14.3. The van der Waals surface area contributed by atoms with Gasteiger partial charge >= 0.3 is 24.4 Å². The molecule has 2 fully saturated rings. The SMILES string of the molecule is CC(C)CN(C[C@@H](OC(=O)Oc1ccc([N+](=O)[O-])cc1)[C@H](Cc1ccccc1)NC(=O)O[C@H]1CCOC1)S(=O)(=O)c1ccc([N+](=O)[O-])cc1.CNCCN(C)C(=O)O[C@H](CN(CC(C)C)S(=O)(=O)c1ccc(N)cc1)[C@H](Cc1ccccc1)NC(=O)O[C@H]1CCOC1. The van der Waals surface area contributed by atoms with Crippen LogP contribution in [0.5, 0.6) is 5.75 Å². The number of alkyl carbamates (subject to hydrolysis) is 2. The molecule has 2 aliphatic heterocycles. The fraction of sp³-hybridized carbons (Fsp3) is 0.452. The number of hydrogen-bond acceptors (Lipinski definition) is 21. The highest BCUT2D eigenvalue weighted by molar-refractivity contribution is 7.89. The first kappa shape index (κ1) is 72.5. The fourth-order valence-corrected chi connectivity index (χ4v) is 12.8. The molecule has 0 aliphatic carbocycles. The summed E-state index contributed by atoms with van der Waals surface area (Å²) in [5.74, 6) is -0.362. The van der Waals surface area contributed by atoms with Gasteiger partial charge in [0.05, 0.1) is 71.2 Å². The van der Waals surface area contributed by atoms with E-state index >= 15 is 0 Å². The predicted octanol–water partition coefficient (Wildman–Crippen LogP) is 7.56. The van der Waals surface area contributed by atoms with Crippen LogP contribution in [0.1, 0.15) is 51.7 Å². The summed E-state index contributed by atoms with van der Waals surface area (Å²) in [5, 5.41) is 30.8. The van der Waals surface area contributed by atoms with Crippen LogP contribution in [-0.2, 0) is 61.3 Å². The van der Waals surface area contributed by atoms with E-state index in [1.54, 1.807) is 58.3 Å². The lowest BCUT2D eigenvalue weighted by Crippen LogP contribution is -2.54. The summed E-state index contributed by atoms with van der Waals surface area (Å²) in [6, 6.07) is 31.3. The Balaban J connectivity index is 0.000000295. The largest absolute Gasteiger partial charge is 0.514 e. The number of nitrogen functional groups attached to an aromatic ring is 1. The number of nitro benzene ring substituents is 2. The van der Waals surface area contributed by atoms with Crippen LogP contribution in [0.2, 0.25) is 0 Å². The summed E-state index contributed by atoms with van der Waals surface area (Å²) in [6.45, 7) is 9.07. The molecule has 0 saturated carbocycles. The van der Waals surface area contributed by atoms with Gasteiger partial charge in [0.15, 0.2) is 0 Å². The Morgan fingerprint density at radius 2 is 1.02 bits per heavy atom. The lowest BCUT2D eigenvalue weighted by molar-refractivity contribution is -0.385. The summed E-state index contributed by atoms with van der Waals surface area (Å²) in [4.78, 5) is 74.9. The van der Waals surface area contributed by atoms with Gasteiger partial charge < -0.3 is 59.7 Å². The molecule has 5 aromatic rings. The Bertz CT molecular complexity index is 3400. The van der Waals surface area contributed by atoms with Crippen LogP contribution in [0.15, 0.2) is 143 Å². The van der Waals surface area contributed by atoms with Crippen molar-refractivity contribution in [2.45, 2.75) is 99.7 Å². The van der Waals surface area contributed by atoms with E-state index in [0.29, 0.717) is 57.0 Å². The third-order valence-corrected chi connectivity index (χ3v) is 18.0. The second kappa shape index (κ2) is 35.3. The lowest BCUT2D eigenvalue weighted by atomic mass is 10.0. The number of nitrogens with two attached hydrogens (primary N) is 1. The molecule has 3 amide bonds. The molecule has 5 N–H and O–H groups in total. The number of rotatable bonds is 30. The molecular formula is C62H81N9O19S2. The first-order valence-electron chi connectivity index (χ1n) is 29.8. The van der Waals surface area contributed by atoms with Gasteiger partial charge in [-0.05, 0) is 91.4 Å². The molecule has 0 radical (unpaired) electrons. The van der Waals surface area contributed by atoms with Crippen LogP contribution in [0.4, 0.5) is 36.2 Å². The quantitative estimate of drug-likeness (QED) is 0.00860. The Morgan fingerprint density at radius 3 is 1.41 bits per heavy atom.